The second-order valence-corrected chi connectivity index (χ2v) is 9.42. The molecule has 2 atom stereocenters. The lowest BCUT2D eigenvalue weighted by Gasteiger charge is -2.32. The molecule has 4 rings (SSSR count). The lowest BCUT2D eigenvalue weighted by atomic mass is 9.94. The first kappa shape index (κ1) is 24.9. The largest absolute Gasteiger partial charge is 0.497 e. The predicted molar refractivity (Wildman–Crippen MR) is 135 cm³/mol. The number of hydrazone groups is 1. The molecule has 186 valence electrons. The molecule has 7 heteroatoms. The van der Waals surface area contributed by atoms with Crippen LogP contribution in [0.4, 0.5) is 0 Å². The van der Waals surface area contributed by atoms with Crippen LogP contribution in [0.5, 0.6) is 5.75 Å². The smallest absolute Gasteiger partial charge is 0.310 e. The number of hydrogen-bond donors (Lipinski definition) is 0. The van der Waals surface area contributed by atoms with Gasteiger partial charge in [-0.05, 0) is 81.1 Å². The highest BCUT2D eigenvalue weighted by atomic mass is 16.5. The number of esters is 1. The van der Waals surface area contributed by atoms with Gasteiger partial charge < -0.3 is 9.47 Å². The van der Waals surface area contributed by atoms with Crippen LogP contribution in [0.25, 0.3) is 0 Å². The molecule has 35 heavy (non-hydrogen) atoms. The third-order valence-corrected chi connectivity index (χ3v) is 6.86. The maximum absolute atomic E-state index is 13.6. The Bertz CT molecular complexity index is 1100. The molecule has 0 unspecified atom stereocenters. The van der Waals surface area contributed by atoms with E-state index in [4.69, 9.17) is 14.6 Å². The number of hydrogen-bond acceptors (Lipinski definition) is 6. The quantitative estimate of drug-likeness (QED) is 0.557. The highest BCUT2D eigenvalue weighted by Gasteiger charge is 2.36. The Morgan fingerprint density at radius 3 is 2.57 bits per heavy atom. The molecular formula is C28H35N3O4. The Morgan fingerprint density at radius 1 is 1.11 bits per heavy atom. The maximum atomic E-state index is 13.6. The number of nitrogens with zero attached hydrogens (tertiary/aromatic N) is 3. The van der Waals surface area contributed by atoms with Crippen LogP contribution >= 0.6 is 0 Å². The fourth-order valence-electron chi connectivity index (χ4n) is 5.06. The molecule has 0 aromatic heterocycles. The van der Waals surface area contributed by atoms with E-state index in [1.165, 1.54) is 5.56 Å². The molecule has 0 aliphatic carbocycles. The van der Waals surface area contributed by atoms with Crippen molar-refractivity contribution in [3.8, 4) is 5.75 Å². The van der Waals surface area contributed by atoms with Gasteiger partial charge in [0, 0.05) is 13.0 Å². The molecule has 0 N–H and O–H groups in total. The molecule has 2 aromatic rings. The zero-order valence-electron chi connectivity index (χ0n) is 21.1. The van der Waals surface area contributed by atoms with E-state index >= 15 is 0 Å². The number of aryl methyl sites for hydroxylation is 2. The van der Waals surface area contributed by atoms with Crippen molar-refractivity contribution in [1.82, 2.24) is 9.91 Å². The third-order valence-electron chi connectivity index (χ3n) is 6.86. The number of piperidine rings is 1. The van der Waals surface area contributed by atoms with Gasteiger partial charge in [-0.3, -0.25) is 14.5 Å². The summed E-state index contributed by atoms with van der Waals surface area (Å²) < 4.78 is 10.5. The first-order valence-corrected chi connectivity index (χ1v) is 12.4. The van der Waals surface area contributed by atoms with E-state index in [9.17, 15) is 9.59 Å². The summed E-state index contributed by atoms with van der Waals surface area (Å²) in [5.74, 6) is 0.387. The summed E-state index contributed by atoms with van der Waals surface area (Å²) in [6.07, 6.45) is 2.32. The Balaban J connectivity index is 1.56. The van der Waals surface area contributed by atoms with Crippen molar-refractivity contribution in [1.29, 1.82) is 0 Å². The van der Waals surface area contributed by atoms with Crippen LogP contribution in [0.1, 0.15) is 54.5 Å². The molecule has 1 amide bonds. The van der Waals surface area contributed by atoms with Crippen molar-refractivity contribution in [3.05, 3.63) is 64.7 Å². The molecule has 2 aliphatic rings. The van der Waals surface area contributed by atoms with Gasteiger partial charge in [0.25, 0.3) is 5.91 Å². The summed E-state index contributed by atoms with van der Waals surface area (Å²) >= 11 is 0. The van der Waals surface area contributed by atoms with E-state index in [1.807, 2.05) is 31.2 Å². The zero-order chi connectivity index (χ0) is 24.9. The van der Waals surface area contributed by atoms with Gasteiger partial charge in [0.05, 0.1) is 37.9 Å². The average molecular weight is 478 g/mol. The van der Waals surface area contributed by atoms with Crippen LogP contribution in [0.3, 0.4) is 0 Å². The molecular weight excluding hydrogens is 442 g/mol. The van der Waals surface area contributed by atoms with Crippen LogP contribution in [-0.2, 0) is 14.3 Å². The fraction of sp³-hybridized carbons (Fsp3) is 0.464. The molecule has 1 saturated heterocycles. The number of likely N-dealkylation sites (tertiary alicyclic amines) is 1. The third kappa shape index (κ3) is 5.73. The summed E-state index contributed by atoms with van der Waals surface area (Å²) in [5.41, 5.74) is 5.32. The molecule has 0 bridgehead atoms. The predicted octanol–water partition coefficient (Wildman–Crippen LogP) is 4.26. The lowest BCUT2D eigenvalue weighted by molar-refractivity contribution is -0.150. The van der Waals surface area contributed by atoms with E-state index in [1.54, 1.807) is 12.1 Å². The minimum Gasteiger partial charge on any atom is -0.497 e. The average Bonchev–Trinajstić information content (AvgIpc) is 3.30. The van der Waals surface area contributed by atoms with Gasteiger partial charge >= 0.3 is 5.97 Å². The highest BCUT2D eigenvalue weighted by Crippen LogP contribution is 2.35. The van der Waals surface area contributed by atoms with Gasteiger partial charge in [0.2, 0.25) is 0 Å². The van der Waals surface area contributed by atoms with E-state index in [-0.39, 0.29) is 30.4 Å². The summed E-state index contributed by atoms with van der Waals surface area (Å²) in [4.78, 5) is 27.9. The van der Waals surface area contributed by atoms with Crippen molar-refractivity contribution in [2.75, 3.05) is 33.4 Å². The van der Waals surface area contributed by atoms with E-state index in [0.29, 0.717) is 19.6 Å². The van der Waals surface area contributed by atoms with Crippen molar-refractivity contribution in [2.24, 2.45) is 11.0 Å². The maximum Gasteiger partial charge on any atom is 0.310 e. The second-order valence-electron chi connectivity index (χ2n) is 9.42. The molecule has 0 saturated carbocycles. The number of amides is 1. The first-order valence-electron chi connectivity index (χ1n) is 12.4. The molecule has 7 nitrogen and oxygen atoms in total. The highest BCUT2D eigenvalue weighted by molar-refractivity contribution is 6.03. The van der Waals surface area contributed by atoms with Gasteiger partial charge in [0.1, 0.15) is 5.75 Å². The molecule has 0 radical (unpaired) electrons. The monoisotopic (exact) mass is 477 g/mol. The number of rotatable bonds is 7. The minimum atomic E-state index is -0.177. The van der Waals surface area contributed by atoms with Gasteiger partial charge in [-0.2, -0.15) is 5.10 Å². The Kier molecular flexibility index (Phi) is 7.86. The summed E-state index contributed by atoms with van der Waals surface area (Å²) in [5, 5.41) is 6.48. The van der Waals surface area contributed by atoms with Crippen molar-refractivity contribution in [3.63, 3.8) is 0 Å². The Labute approximate surface area is 207 Å². The zero-order valence-corrected chi connectivity index (χ0v) is 21.1. The van der Waals surface area contributed by atoms with E-state index < -0.39 is 0 Å². The van der Waals surface area contributed by atoms with Crippen LogP contribution in [0.2, 0.25) is 0 Å². The van der Waals surface area contributed by atoms with Crippen LogP contribution in [0.15, 0.2) is 47.6 Å². The van der Waals surface area contributed by atoms with Gasteiger partial charge in [0.15, 0.2) is 0 Å². The van der Waals surface area contributed by atoms with Gasteiger partial charge in [-0.25, -0.2) is 5.01 Å². The van der Waals surface area contributed by atoms with Crippen molar-refractivity contribution >= 4 is 17.6 Å². The molecule has 2 aliphatic heterocycles. The standard InChI is InChI=1S/C28H35N3O4/c1-5-35-28(33)22-7-6-14-30(17-22)18-27(32)31-26(24-13-8-19(2)15-20(24)3)16-25(29-31)21-9-11-23(34-4)12-10-21/h8-13,15,22,26H,5-7,14,16-18H2,1-4H3/t22-,26+/m0/s1. The van der Waals surface area contributed by atoms with E-state index in [0.717, 1.165) is 47.5 Å². The molecule has 1 fully saturated rings. The molecule has 2 heterocycles. The topological polar surface area (TPSA) is 71.4 Å². The molecule has 2 aromatic carbocycles. The molecule has 0 spiro atoms. The minimum absolute atomic E-state index is 0.0528. The van der Waals surface area contributed by atoms with E-state index in [2.05, 4.69) is 36.9 Å². The number of ether oxygens (including phenoxy) is 2. The SMILES string of the molecule is CCOC(=O)[C@H]1CCCN(CC(=O)N2N=C(c3ccc(OC)cc3)C[C@@H]2c2ccc(C)cc2C)C1. The summed E-state index contributed by atoms with van der Waals surface area (Å²) in [6.45, 7) is 7.93. The van der Waals surface area contributed by atoms with Gasteiger partial charge in [-0.1, -0.05) is 23.8 Å². The Hall–Kier alpha value is -3.19. The Morgan fingerprint density at radius 2 is 1.89 bits per heavy atom. The van der Waals surface area contributed by atoms with Crippen LogP contribution in [-0.4, -0.2) is 60.8 Å². The number of benzene rings is 2. The number of methoxy groups -OCH3 is 1. The summed E-state index contributed by atoms with van der Waals surface area (Å²) in [7, 11) is 1.64. The van der Waals surface area contributed by atoms with Crippen LogP contribution < -0.4 is 4.74 Å². The number of carbonyl (C=O) groups is 2. The fourth-order valence-corrected chi connectivity index (χ4v) is 5.06. The van der Waals surface area contributed by atoms with Gasteiger partial charge in [-0.15, -0.1) is 0 Å². The first-order chi connectivity index (χ1) is 16.9. The lowest BCUT2D eigenvalue weighted by Crippen LogP contribution is -2.44. The van der Waals surface area contributed by atoms with Crippen molar-refractivity contribution < 1.29 is 19.1 Å². The van der Waals surface area contributed by atoms with Crippen molar-refractivity contribution in [2.45, 2.75) is 46.1 Å². The second kappa shape index (κ2) is 11.0. The normalized spacial score (nSPS) is 20.5. The summed E-state index contributed by atoms with van der Waals surface area (Å²) in [6, 6.07) is 14.0. The van der Waals surface area contributed by atoms with Crippen LogP contribution in [0, 0.1) is 19.8 Å². The number of carbonyl (C=O) groups excluding carboxylic acids is 2.